The van der Waals surface area contributed by atoms with Crippen LogP contribution in [0.2, 0.25) is 0 Å². The number of anilines is 3. The molecule has 1 aromatic carbocycles. The molecule has 21 heavy (non-hydrogen) atoms. The molecule has 0 bridgehead atoms. The van der Waals surface area contributed by atoms with Gasteiger partial charge in [0.25, 0.3) is 0 Å². The number of hydrogen-bond donors (Lipinski definition) is 0. The van der Waals surface area contributed by atoms with Crippen molar-refractivity contribution in [2.24, 2.45) is 0 Å². The Morgan fingerprint density at radius 2 is 0.667 bits per heavy atom. The Hall–Kier alpha value is -1.38. The number of rotatable bonds is 9. The van der Waals surface area contributed by atoms with E-state index in [1.54, 1.807) is 0 Å². The summed E-state index contributed by atoms with van der Waals surface area (Å²) in [6, 6.07) is 7.02. The minimum Gasteiger partial charge on any atom is -0.372 e. The van der Waals surface area contributed by atoms with Gasteiger partial charge in [-0.2, -0.15) is 0 Å². The maximum absolute atomic E-state index is 2.43. The summed E-state index contributed by atoms with van der Waals surface area (Å²) in [7, 11) is 0. The molecule has 120 valence electrons. The molecule has 0 aliphatic rings. The topological polar surface area (TPSA) is 9.72 Å². The SMILES string of the molecule is CCN(CC)c1cc(N(CC)CC)cc(N(CC)CC)c1. The summed E-state index contributed by atoms with van der Waals surface area (Å²) in [5.41, 5.74) is 4.02. The van der Waals surface area contributed by atoms with Gasteiger partial charge in [-0.25, -0.2) is 0 Å². The zero-order valence-electron chi connectivity index (χ0n) is 14.8. The fraction of sp³-hybridized carbons (Fsp3) is 0.667. The van der Waals surface area contributed by atoms with Crippen LogP contribution in [0.4, 0.5) is 17.1 Å². The van der Waals surface area contributed by atoms with E-state index in [2.05, 4.69) is 74.4 Å². The second-order valence-electron chi connectivity index (χ2n) is 5.22. The van der Waals surface area contributed by atoms with Crippen molar-refractivity contribution < 1.29 is 0 Å². The lowest BCUT2D eigenvalue weighted by atomic mass is 10.2. The Balaban J connectivity index is 3.30. The highest BCUT2D eigenvalue weighted by Crippen LogP contribution is 2.30. The average Bonchev–Trinajstić information content (AvgIpc) is 2.51. The van der Waals surface area contributed by atoms with Gasteiger partial charge in [-0.05, 0) is 59.7 Å². The lowest BCUT2D eigenvalue weighted by Gasteiger charge is -2.30. The molecular formula is C18H33N3. The first-order chi connectivity index (χ1) is 10.1. The van der Waals surface area contributed by atoms with Crippen LogP contribution in [-0.2, 0) is 0 Å². The Morgan fingerprint density at radius 3 is 0.810 bits per heavy atom. The van der Waals surface area contributed by atoms with E-state index in [-0.39, 0.29) is 0 Å². The molecule has 0 aliphatic heterocycles. The fourth-order valence-electron chi connectivity index (χ4n) is 2.89. The highest BCUT2D eigenvalue weighted by Gasteiger charge is 2.12. The summed E-state index contributed by atoms with van der Waals surface area (Å²) in [5, 5.41) is 0. The lowest BCUT2D eigenvalue weighted by Crippen LogP contribution is -2.27. The first-order valence-electron chi connectivity index (χ1n) is 8.54. The largest absolute Gasteiger partial charge is 0.372 e. The normalized spacial score (nSPS) is 10.6. The Bertz CT molecular complexity index is 331. The predicted octanol–water partition coefficient (Wildman–Crippen LogP) is 4.23. The molecule has 0 fully saturated rings. The Kier molecular flexibility index (Phi) is 7.41. The molecule has 0 heterocycles. The molecule has 0 N–H and O–H groups in total. The van der Waals surface area contributed by atoms with Gasteiger partial charge >= 0.3 is 0 Å². The van der Waals surface area contributed by atoms with E-state index in [0.29, 0.717) is 0 Å². The molecule has 0 amide bonds. The van der Waals surface area contributed by atoms with Gasteiger partial charge in [0.2, 0.25) is 0 Å². The first kappa shape index (κ1) is 17.7. The van der Waals surface area contributed by atoms with E-state index in [4.69, 9.17) is 0 Å². The van der Waals surface area contributed by atoms with Crippen molar-refractivity contribution in [2.45, 2.75) is 41.5 Å². The van der Waals surface area contributed by atoms with E-state index in [9.17, 15) is 0 Å². The number of nitrogens with zero attached hydrogens (tertiary/aromatic N) is 3. The molecule has 0 unspecified atom stereocenters. The van der Waals surface area contributed by atoms with E-state index < -0.39 is 0 Å². The zero-order chi connectivity index (χ0) is 15.8. The average molecular weight is 291 g/mol. The van der Waals surface area contributed by atoms with Crippen molar-refractivity contribution in [3.05, 3.63) is 18.2 Å². The first-order valence-corrected chi connectivity index (χ1v) is 8.54. The van der Waals surface area contributed by atoms with Crippen LogP contribution < -0.4 is 14.7 Å². The van der Waals surface area contributed by atoms with E-state index in [0.717, 1.165) is 39.3 Å². The minimum absolute atomic E-state index is 1.05. The van der Waals surface area contributed by atoms with Crippen LogP contribution in [0, 0.1) is 0 Å². The molecule has 0 aromatic heterocycles. The smallest absolute Gasteiger partial charge is 0.0407 e. The lowest BCUT2D eigenvalue weighted by molar-refractivity contribution is 0.838. The molecule has 3 heteroatoms. The molecule has 0 aliphatic carbocycles. The van der Waals surface area contributed by atoms with Crippen LogP contribution in [0.25, 0.3) is 0 Å². The van der Waals surface area contributed by atoms with Crippen LogP contribution in [0.5, 0.6) is 0 Å². The van der Waals surface area contributed by atoms with E-state index in [1.807, 2.05) is 0 Å². The van der Waals surface area contributed by atoms with Crippen molar-refractivity contribution in [3.63, 3.8) is 0 Å². The number of benzene rings is 1. The molecule has 0 saturated carbocycles. The van der Waals surface area contributed by atoms with Crippen LogP contribution in [0.15, 0.2) is 18.2 Å². The summed E-state index contributed by atoms with van der Waals surface area (Å²) in [4.78, 5) is 7.29. The van der Waals surface area contributed by atoms with Gasteiger partial charge in [0.1, 0.15) is 0 Å². The summed E-state index contributed by atoms with van der Waals surface area (Å²) in [6.45, 7) is 19.7. The zero-order valence-corrected chi connectivity index (χ0v) is 14.8. The van der Waals surface area contributed by atoms with E-state index in [1.165, 1.54) is 17.1 Å². The summed E-state index contributed by atoms with van der Waals surface area (Å²) < 4.78 is 0. The van der Waals surface area contributed by atoms with Gasteiger partial charge in [-0.15, -0.1) is 0 Å². The van der Waals surface area contributed by atoms with Crippen molar-refractivity contribution in [1.82, 2.24) is 0 Å². The van der Waals surface area contributed by atoms with Crippen molar-refractivity contribution >= 4 is 17.1 Å². The second-order valence-corrected chi connectivity index (χ2v) is 5.22. The van der Waals surface area contributed by atoms with Crippen molar-refractivity contribution in [3.8, 4) is 0 Å². The number of hydrogen-bond acceptors (Lipinski definition) is 3. The highest BCUT2D eigenvalue weighted by atomic mass is 15.2. The maximum Gasteiger partial charge on any atom is 0.0407 e. The monoisotopic (exact) mass is 291 g/mol. The van der Waals surface area contributed by atoms with Crippen LogP contribution in [0.1, 0.15) is 41.5 Å². The molecule has 1 rings (SSSR count). The van der Waals surface area contributed by atoms with Crippen LogP contribution in [0.3, 0.4) is 0 Å². The van der Waals surface area contributed by atoms with Gasteiger partial charge in [-0.3, -0.25) is 0 Å². The molecule has 1 aromatic rings. The third kappa shape index (κ3) is 4.29. The van der Waals surface area contributed by atoms with Gasteiger partial charge in [-0.1, -0.05) is 0 Å². The standard InChI is InChI=1S/C18H33N3/c1-7-19(8-2)16-13-17(20(9-3)10-4)15-18(14-16)21(11-5)12-6/h13-15H,7-12H2,1-6H3. The third-order valence-electron chi connectivity index (χ3n) is 4.27. The van der Waals surface area contributed by atoms with Crippen LogP contribution in [-0.4, -0.2) is 39.3 Å². The van der Waals surface area contributed by atoms with Gasteiger partial charge in [0.05, 0.1) is 0 Å². The molecule has 3 nitrogen and oxygen atoms in total. The van der Waals surface area contributed by atoms with Gasteiger partial charge < -0.3 is 14.7 Å². The van der Waals surface area contributed by atoms with Crippen molar-refractivity contribution in [2.75, 3.05) is 54.0 Å². The minimum atomic E-state index is 1.05. The predicted molar refractivity (Wildman–Crippen MR) is 97.1 cm³/mol. The molecule has 0 atom stereocenters. The third-order valence-corrected chi connectivity index (χ3v) is 4.27. The molecular weight excluding hydrogens is 258 g/mol. The van der Waals surface area contributed by atoms with E-state index >= 15 is 0 Å². The van der Waals surface area contributed by atoms with Gasteiger partial charge in [0, 0.05) is 56.3 Å². The molecule has 0 radical (unpaired) electrons. The molecule has 0 saturated heterocycles. The molecule has 0 spiro atoms. The summed E-state index contributed by atoms with van der Waals surface area (Å²) in [6.07, 6.45) is 0. The highest BCUT2D eigenvalue weighted by molar-refractivity contribution is 5.69. The fourth-order valence-corrected chi connectivity index (χ4v) is 2.89. The van der Waals surface area contributed by atoms with Crippen LogP contribution >= 0.6 is 0 Å². The summed E-state index contributed by atoms with van der Waals surface area (Å²) >= 11 is 0. The summed E-state index contributed by atoms with van der Waals surface area (Å²) in [5.74, 6) is 0. The van der Waals surface area contributed by atoms with Crippen molar-refractivity contribution in [1.29, 1.82) is 0 Å². The van der Waals surface area contributed by atoms with Gasteiger partial charge in [0.15, 0.2) is 0 Å². The Morgan fingerprint density at radius 1 is 0.476 bits per heavy atom. The quantitative estimate of drug-likeness (QED) is 0.674. The second kappa shape index (κ2) is 8.81. The maximum atomic E-state index is 2.43. The Labute approximate surface area is 131 Å².